The van der Waals surface area contributed by atoms with Gasteiger partial charge in [0.15, 0.2) is 0 Å². The van der Waals surface area contributed by atoms with Crippen LogP contribution in [-0.2, 0) is 11.8 Å². The Bertz CT molecular complexity index is 685. The average Bonchev–Trinajstić information content (AvgIpc) is 3.26. The van der Waals surface area contributed by atoms with Gasteiger partial charge in [-0.25, -0.2) is 4.68 Å². The monoisotopic (exact) mass is 330 g/mol. The second-order valence-corrected chi connectivity index (χ2v) is 6.69. The maximum absolute atomic E-state index is 12.4. The van der Waals surface area contributed by atoms with Crippen molar-refractivity contribution in [2.75, 3.05) is 18.9 Å². The zero-order valence-electron chi connectivity index (χ0n) is 14.6. The van der Waals surface area contributed by atoms with Crippen molar-refractivity contribution in [1.29, 1.82) is 0 Å². The maximum atomic E-state index is 12.4. The predicted octanol–water partition coefficient (Wildman–Crippen LogP) is 2.36. The van der Waals surface area contributed by atoms with Crippen LogP contribution in [0.3, 0.4) is 0 Å². The van der Waals surface area contributed by atoms with Crippen LogP contribution in [0.1, 0.15) is 50.3 Å². The minimum absolute atomic E-state index is 0.0204. The number of carbonyl (C=O) groups excluding carboxylic acids is 1. The summed E-state index contributed by atoms with van der Waals surface area (Å²) in [7, 11) is 3.85. The van der Waals surface area contributed by atoms with E-state index < -0.39 is 0 Å². The fourth-order valence-corrected chi connectivity index (χ4v) is 3.31. The van der Waals surface area contributed by atoms with E-state index in [0.717, 1.165) is 24.2 Å². The Labute approximate surface area is 142 Å². The summed E-state index contributed by atoms with van der Waals surface area (Å²) >= 11 is 0. The minimum atomic E-state index is -0.0204. The number of hydrogen-bond acceptors (Lipinski definition) is 4. The number of amides is 1. The van der Waals surface area contributed by atoms with E-state index in [4.69, 9.17) is 0 Å². The number of likely N-dealkylation sites (N-methyl/N-ethyl adjacent to an activating group) is 1. The highest BCUT2D eigenvalue weighted by molar-refractivity contribution is 5.91. The molecule has 1 atom stereocenters. The van der Waals surface area contributed by atoms with Crippen molar-refractivity contribution in [3.8, 4) is 0 Å². The van der Waals surface area contributed by atoms with Gasteiger partial charge in [-0.1, -0.05) is 12.8 Å². The minimum Gasteiger partial charge on any atom is -0.310 e. The molecule has 1 saturated carbocycles. The highest BCUT2D eigenvalue weighted by atomic mass is 16.2. The summed E-state index contributed by atoms with van der Waals surface area (Å²) in [5.41, 5.74) is 1.10. The van der Waals surface area contributed by atoms with Crippen LogP contribution < -0.4 is 5.32 Å². The van der Waals surface area contributed by atoms with Crippen molar-refractivity contribution in [2.24, 2.45) is 7.05 Å². The number of nitrogens with zero attached hydrogens (tertiary/aromatic N) is 5. The first-order valence-corrected chi connectivity index (χ1v) is 8.56. The molecule has 7 heteroatoms. The highest BCUT2D eigenvalue weighted by Crippen LogP contribution is 2.31. The third-order valence-electron chi connectivity index (χ3n) is 4.87. The molecule has 0 spiro atoms. The molecule has 1 fully saturated rings. The molecule has 2 heterocycles. The van der Waals surface area contributed by atoms with Crippen molar-refractivity contribution >= 4 is 11.7 Å². The summed E-state index contributed by atoms with van der Waals surface area (Å²) in [6.45, 7) is 2.40. The zero-order valence-corrected chi connectivity index (χ0v) is 14.6. The number of aryl methyl sites for hydroxylation is 1. The standard InChI is InChI=1S/C17H26N6O/c1-13(14-10-19-22(3)11-14)21(2)12-17(24)20-16-8-9-18-23(16)15-6-4-5-7-15/h8-11,13,15H,4-7,12H2,1-3H3,(H,20,24). The zero-order chi connectivity index (χ0) is 17.1. The molecule has 2 aromatic rings. The Morgan fingerprint density at radius 1 is 1.42 bits per heavy atom. The molecule has 0 saturated heterocycles. The van der Waals surface area contributed by atoms with Crippen molar-refractivity contribution < 1.29 is 4.79 Å². The lowest BCUT2D eigenvalue weighted by molar-refractivity contribution is -0.117. The number of aromatic nitrogens is 4. The molecular formula is C17H26N6O. The quantitative estimate of drug-likeness (QED) is 0.883. The van der Waals surface area contributed by atoms with Gasteiger partial charge < -0.3 is 5.32 Å². The second kappa shape index (κ2) is 7.17. The molecule has 130 valence electrons. The smallest absolute Gasteiger partial charge is 0.239 e. The third kappa shape index (κ3) is 3.67. The maximum Gasteiger partial charge on any atom is 0.239 e. The second-order valence-electron chi connectivity index (χ2n) is 6.69. The molecular weight excluding hydrogens is 304 g/mol. The van der Waals surface area contributed by atoms with Crippen LogP contribution in [0.25, 0.3) is 0 Å². The molecule has 24 heavy (non-hydrogen) atoms. The van der Waals surface area contributed by atoms with E-state index >= 15 is 0 Å². The third-order valence-corrected chi connectivity index (χ3v) is 4.87. The molecule has 3 rings (SSSR count). The van der Waals surface area contributed by atoms with E-state index in [2.05, 4.69) is 22.4 Å². The lowest BCUT2D eigenvalue weighted by atomic mass is 10.1. The summed E-state index contributed by atoms with van der Waals surface area (Å²) in [5.74, 6) is 0.780. The molecule has 7 nitrogen and oxygen atoms in total. The molecule has 0 aliphatic heterocycles. The topological polar surface area (TPSA) is 68.0 Å². The molecule has 0 radical (unpaired) electrons. The number of carbonyl (C=O) groups is 1. The first kappa shape index (κ1) is 16.7. The lowest BCUT2D eigenvalue weighted by Crippen LogP contribution is -2.32. The van der Waals surface area contributed by atoms with Gasteiger partial charge in [0.25, 0.3) is 0 Å². The molecule has 1 N–H and O–H groups in total. The number of nitrogens with one attached hydrogen (secondary N) is 1. The molecule has 1 aliphatic carbocycles. The Hall–Kier alpha value is -2.15. The Morgan fingerprint density at radius 3 is 2.83 bits per heavy atom. The molecule has 1 amide bonds. The van der Waals surface area contributed by atoms with Gasteiger partial charge in [-0.15, -0.1) is 0 Å². The van der Waals surface area contributed by atoms with Crippen LogP contribution >= 0.6 is 0 Å². The normalized spacial score (nSPS) is 16.7. The van der Waals surface area contributed by atoms with E-state index in [0.29, 0.717) is 12.6 Å². The molecule has 1 aliphatic rings. The fourth-order valence-electron chi connectivity index (χ4n) is 3.31. The summed E-state index contributed by atoms with van der Waals surface area (Å²) in [6, 6.07) is 2.42. The SMILES string of the molecule is CC(c1cnn(C)c1)N(C)CC(=O)Nc1ccnn1C1CCCC1. The van der Waals surface area contributed by atoms with Crippen LogP contribution in [0.2, 0.25) is 0 Å². The van der Waals surface area contributed by atoms with Gasteiger partial charge in [0, 0.05) is 30.9 Å². The van der Waals surface area contributed by atoms with Crippen molar-refractivity contribution in [3.63, 3.8) is 0 Å². The molecule has 1 unspecified atom stereocenters. The molecule has 0 aromatic carbocycles. The van der Waals surface area contributed by atoms with Crippen LogP contribution in [0, 0.1) is 0 Å². The van der Waals surface area contributed by atoms with Crippen LogP contribution in [0.15, 0.2) is 24.7 Å². The van der Waals surface area contributed by atoms with Gasteiger partial charge in [-0.2, -0.15) is 10.2 Å². The number of rotatable bonds is 6. The predicted molar refractivity (Wildman–Crippen MR) is 92.6 cm³/mol. The summed E-state index contributed by atoms with van der Waals surface area (Å²) in [6.07, 6.45) is 10.3. The van der Waals surface area contributed by atoms with Crippen LogP contribution in [0.4, 0.5) is 5.82 Å². The van der Waals surface area contributed by atoms with Gasteiger partial charge in [0.2, 0.25) is 5.91 Å². The first-order chi connectivity index (χ1) is 11.5. The lowest BCUT2D eigenvalue weighted by Gasteiger charge is -2.23. The summed E-state index contributed by atoms with van der Waals surface area (Å²) in [5, 5.41) is 11.6. The van der Waals surface area contributed by atoms with E-state index in [-0.39, 0.29) is 11.9 Å². The van der Waals surface area contributed by atoms with Gasteiger partial charge in [0.1, 0.15) is 5.82 Å². The highest BCUT2D eigenvalue weighted by Gasteiger charge is 2.21. The van der Waals surface area contributed by atoms with Gasteiger partial charge >= 0.3 is 0 Å². The number of anilines is 1. The van der Waals surface area contributed by atoms with Crippen LogP contribution in [-0.4, -0.2) is 44.0 Å². The first-order valence-electron chi connectivity index (χ1n) is 8.56. The fraction of sp³-hybridized carbons (Fsp3) is 0.588. The number of hydrogen-bond donors (Lipinski definition) is 1. The van der Waals surface area contributed by atoms with Gasteiger partial charge in [-0.05, 0) is 26.8 Å². The van der Waals surface area contributed by atoms with Crippen molar-refractivity contribution in [2.45, 2.75) is 44.7 Å². The van der Waals surface area contributed by atoms with Crippen molar-refractivity contribution in [1.82, 2.24) is 24.5 Å². The summed E-state index contributed by atoms with van der Waals surface area (Å²) in [4.78, 5) is 14.4. The largest absolute Gasteiger partial charge is 0.310 e. The van der Waals surface area contributed by atoms with Gasteiger partial charge in [0.05, 0.1) is 25.0 Å². The van der Waals surface area contributed by atoms with Gasteiger partial charge in [-0.3, -0.25) is 14.4 Å². The molecule has 2 aromatic heterocycles. The van der Waals surface area contributed by atoms with E-state index in [9.17, 15) is 4.79 Å². The van der Waals surface area contributed by atoms with Crippen LogP contribution in [0.5, 0.6) is 0 Å². The van der Waals surface area contributed by atoms with E-state index in [1.165, 1.54) is 12.8 Å². The van der Waals surface area contributed by atoms with E-state index in [1.54, 1.807) is 10.9 Å². The van der Waals surface area contributed by atoms with E-state index in [1.807, 2.05) is 42.1 Å². The Kier molecular flexibility index (Phi) is 4.99. The molecule has 0 bridgehead atoms. The Morgan fingerprint density at radius 2 is 2.17 bits per heavy atom. The summed E-state index contributed by atoms with van der Waals surface area (Å²) < 4.78 is 3.75. The Balaban J connectivity index is 1.58. The average molecular weight is 330 g/mol. The van der Waals surface area contributed by atoms with Crippen molar-refractivity contribution in [3.05, 3.63) is 30.2 Å².